The Kier molecular flexibility index (Phi) is 5.50. The number of ether oxygens (including phenoxy) is 1. The first kappa shape index (κ1) is 17.6. The van der Waals surface area contributed by atoms with Crippen molar-refractivity contribution in [2.24, 2.45) is 0 Å². The number of aliphatic hydroxyl groups is 1. The van der Waals surface area contributed by atoms with E-state index < -0.39 is 17.7 Å². The van der Waals surface area contributed by atoms with Crippen LogP contribution in [0.5, 0.6) is 5.75 Å². The van der Waals surface area contributed by atoms with Crippen molar-refractivity contribution in [2.45, 2.75) is 6.10 Å². The Morgan fingerprint density at radius 1 is 1.08 bits per heavy atom. The maximum absolute atomic E-state index is 13.8. The summed E-state index contributed by atoms with van der Waals surface area (Å²) >= 11 is 0. The van der Waals surface area contributed by atoms with E-state index in [1.807, 2.05) is 24.3 Å². The van der Waals surface area contributed by atoms with Gasteiger partial charge in [0.25, 0.3) is 0 Å². The zero-order chi connectivity index (χ0) is 17.8. The lowest BCUT2D eigenvalue weighted by molar-refractivity contribution is 0.106. The molecule has 2 aromatic carbocycles. The van der Waals surface area contributed by atoms with E-state index in [-0.39, 0.29) is 5.56 Å². The molecule has 0 spiro atoms. The molecule has 1 aliphatic heterocycles. The number of nitrogens with zero attached hydrogens (tertiary/aromatic N) is 2. The van der Waals surface area contributed by atoms with E-state index in [9.17, 15) is 13.9 Å². The van der Waals surface area contributed by atoms with E-state index in [0.717, 1.165) is 43.7 Å². The Morgan fingerprint density at radius 2 is 1.80 bits per heavy atom. The molecule has 1 aliphatic rings. The Morgan fingerprint density at radius 3 is 2.48 bits per heavy atom. The number of halogens is 2. The molecule has 0 saturated carbocycles. The Hall–Kier alpha value is -2.18. The molecule has 134 valence electrons. The van der Waals surface area contributed by atoms with Gasteiger partial charge in [-0.1, -0.05) is 18.2 Å². The first-order valence-electron chi connectivity index (χ1n) is 8.32. The predicted octanol–water partition coefficient (Wildman–Crippen LogP) is 2.83. The summed E-state index contributed by atoms with van der Waals surface area (Å²) < 4.78 is 32.2. The molecule has 1 N–H and O–H groups in total. The highest BCUT2D eigenvalue weighted by atomic mass is 19.1. The van der Waals surface area contributed by atoms with Crippen LogP contribution in [0.3, 0.4) is 0 Å². The van der Waals surface area contributed by atoms with Gasteiger partial charge in [-0.15, -0.1) is 0 Å². The molecule has 3 rings (SSSR count). The monoisotopic (exact) mass is 348 g/mol. The van der Waals surface area contributed by atoms with Crippen LogP contribution < -0.4 is 9.64 Å². The smallest absolute Gasteiger partial charge is 0.142 e. The molecule has 2 aromatic rings. The molecule has 0 bridgehead atoms. The predicted molar refractivity (Wildman–Crippen MR) is 93.0 cm³/mol. The minimum Gasteiger partial charge on any atom is -0.495 e. The number of β-amino-alcohol motifs (C(OH)–C–C–N with tert-alkyl or cyclic N) is 1. The number of piperazine rings is 1. The molecule has 1 saturated heterocycles. The van der Waals surface area contributed by atoms with Gasteiger partial charge in [-0.25, -0.2) is 8.78 Å². The molecule has 0 amide bonds. The third-order valence-electron chi connectivity index (χ3n) is 4.55. The molecule has 0 aromatic heterocycles. The fourth-order valence-corrected chi connectivity index (χ4v) is 3.18. The van der Waals surface area contributed by atoms with Crippen LogP contribution in [0, 0.1) is 11.6 Å². The van der Waals surface area contributed by atoms with E-state index in [4.69, 9.17) is 4.74 Å². The van der Waals surface area contributed by atoms with Gasteiger partial charge in [-0.3, -0.25) is 4.90 Å². The fraction of sp³-hybridized carbons (Fsp3) is 0.368. The van der Waals surface area contributed by atoms with Crippen LogP contribution in [0.25, 0.3) is 0 Å². The molecule has 1 unspecified atom stereocenters. The zero-order valence-corrected chi connectivity index (χ0v) is 14.2. The maximum Gasteiger partial charge on any atom is 0.142 e. The number of hydrogen-bond donors (Lipinski definition) is 1. The summed E-state index contributed by atoms with van der Waals surface area (Å²) in [6, 6.07) is 11.2. The molecule has 6 heteroatoms. The summed E-state index contributed by atoms with van der Waals surface area (Å²) in [5, 5.41) is 10.3. The van der Waals surface area contributed by atoms with E-state index in [2.05, 4.69) is 9.80 Å². The summed E-state index contributed by atoms with van der Waals surface area (Å²) in [5.74, 6) is -0.511. The molecular weight excluding hydrogens is 326 g/mol. The second kappa shape index (κ2) is 7.80. The largest absolute Gasteiger partial charge is 0.495 e. The molecule has 1 atom stereocenters. The summed E-state index contributed by atoms with van der Waals surface area (Å²) in [6.07, 6.45) is -0.974. The summed E-state index contributed by atoms with van der Waals surface area (Å²) in [7, 11) is 1.66. The number of methoxy groups -OCH3 is 1. The van der Waals surface area contributed by atoms with Crippen molar-refractivity contribution in [3.63, 3.8) is 0 Å². The number of benzene rings is 2. The minimum absolute atomic E-state index is 0.133. The van der Waals surface area contributed by atoms with Crippen molar-refractivity contribution in [1.29, 1.82) is 0 Å². The van der Waals surface area contributed by atoms with Gasteiger partial charge in [0.05, 0.1) is 18.9 Å². The number of rotatable bonds is 5. The van der Waals surface area contributed by atoms with Crippen molar-refractivity contribution in [2.75, 3.05) is 44.7 Å². The topological polar surface area (TPSA) is 35.9 Å². The van der Waals surface area contributed by atoms with E-state index in [0.29, 0.717) is 6.54 Å². The average Bonchev–Trinajstić information content (AvgIpc) is 2.62. The van der Waals surface area contributed by atoms with Crippen LogP contribution in [0.2, 0.25) is 0 Å². The lowest BCUT2D eigenvalue weighted by atomic mass is 10.1. The maximum atomic E-state index is 13.8. The lowest BCUT2D eigenvalue weighted by Crippen LogP contribution is -2.47. The fourth-order valence-electron chi connectivity index (χ4n) is 3.18. The third-order valence-corrected chi connectivity index (χ3v) is 4.55. The first-order chi connectivity index (χ1) is 12.1. The van der Waals surface area contributed by atoms with Gasteiger partial charge in [0, 0.05) is 44.4 Å². The van der Waals surface area contributed by atoms with Crippen molar-refractivity contribution in [1.82, 2.24) is 4.90 Å². The van der Waals surface area contributed by atoms with Gasteiger partial charge in [-0.2, -0.15) is 0 Å². The molecular formula is C19H22F2N2O2. The highest BCUT2D eigenvalue weighted by Gasteiger charge is 2.23. The Bertz CT molecular complexity index is 718. The van der Waals surface area contributed by atoms with Crippen molar-refractivity contribution in [3.05, 3.63) is 59.7 Å². The summed E-state index contributed by atoms with van der Waals surface area (Å²) in [6.45, 7) is 3.40. The Labute approximate surface area is 146 Å². The molecule has 0 radical (unpaired) electrons. The Balaban J connectivity index is 1.59. The van der Waals surface area contributed by atoms with Crippen molar-refractivity contribution >= 4 is 5.69 Å². The number of hydrogen-bond acceptors (Lipinski definition) is 4. The zero-order valence-electron chi connectivity index (χ0n) is 14.2. The molecule has 1 heterocycles. The quantitative estimate of drug-likeness (QED) is 0.901. The molecule has 1 fully saturated rings. The van der Waals surface area contributed by atoms with E-state index in [1.54, 1.807) is 7.11 Å². The average molecular weight is 348 g/mol. The normalized spacial score (nSPS) is 16.7. The number of anilines is 1. The van der Waals surface area contributed by atoms with Gasteiger partial charge >= 0.3 is 0 Å². The lowest BCUT2D eigenvalue weighted by Gasteiger charge is -2.37. The summed E-state index contributed by atoms with van der Waals surface area (Å²) in [4.78, 5) is 4.32. The molecule has 0 aliphatic carbocycles. The number of para-hydroxylation sites is 2. The molecule has 4 nitrogen and oxygen atoms in total. The number of aliphatic hydroxyl groups excluding tert-OH is 1. The third kappa shape index (κ3) is 4.08. The van der Waals surface area contributed by atoms with E-state index >= 15 is 0 Å². The minimum atomic E-state index is -0.974. The van der Waals surface area contributed by atoms with Crippen LogP contribution in [-0.2, 0) is 0 Å². The highest BCUT2D eigenvalue weighted by molar-refractivity contribution is 5.58. The summed E-state index contributed by atoms with van der Waals surface area (Å²) in [5.41, 5.74) is 1.18. The van der Waals surface area contributed by atoms with Gasteiger partial charge in [0.1, 0.15) is 17.4 Å². The van der Waals surface area contributed by atoms with Crippen LogP contribution in [0.15, 0.2) is 42.5 Å². The second-order valence-corrected chi connectivity index (χ2v) is 6.14. The highest BCUT2D eigenvalue weighted by Crippen LogP contribution is 2.28. The first-order valence-corrected chi connectivity index (χ1v) is 8.32. The SMILES string of the molecule is COc1ccccc1N1CCN(CC(O)c2ccc(F)cc2F)CC1. The van der Waals surface area contributed by atoms with Crippen molar-refractivity contribution < 1.29 is 18.6 Å². The van der Waals surface area contributed by atoms with Crippen LogP contribution in [0.1, 0.15) is 11.7 Å². The van der Waals surface area contributed by atoms with Crippen LogP contribution in [0.4, 0.5) is 14.5 Å². The second-order valence-electron chi connectivity index (χ2n) is 6.14. The van der Waals surface area contributed by atoms with Crippen LogP contribution in [-0.4, -0.2) is 49.8 Å². The van der Waals surface area contributed by atoms with Gasteiger partial charge < -0.3 is 14.7 Å². The molecule has 25 heavy (non-hydrogen) atoms. The van der Waals surface area contributed by atoms with E-state index in [1.165, 1.54) is 12.1 Å². The van der Waals surface area contributed by atoms with Gasteiger partial charge in [0.15, 0.2) is 0 Å². The van der Waals surface area contributed by atoms with Crippen LogP contribution >= 0.6 is 0 Å². The standard InChI is InChI=1S/C19H22F2N2O2/c1-25-19-5-3-2-4-17(19)23-10-8-22(9-11-23)13-18(24)15-7-6-14(20)12-16(15)21/h2-7,12,18,24H,8-11,13H2,1H3. The van der Waals surface area contributed by atoms with Gasteiger partial charge in [-0.05, 0) is 18.2 Å². The van der Waals surface area contributed by atoms with Crippen molar-refractivity contribution in [3.8, 4) is 5.75 Å². The van der Waals surface area contributed by atoms with Gasteiger partial charge in [0.2, 0.25) is 0 Å².